The van der Waals surface area contributed by atoms with Crippen LogP contribution in [0.2, 0.25) is 0 Å². The minimum atomic E-state index is 0.707. The number of hydrogen-bond donors (Lipinski definition) is 3. The van der Waals surface area contributed by atoms with Crippen molar-refractivity contribution in [2.45, 2.75) is 71.8 Å². The highest BCUT2D eigenvalue weighted by Crippen LogP contribution is 2.36. The predicted octanol–water partition coefficient (Wildman–Crippen LogP) is 6.47. The Morgan fingerprint density at radius 3 is 1.97 bits per heavy atom. The van der Waals surface area contributed by atoms with Gasteiger partial charge in [0, 0.05) is 80.0 Å². The Morgan fingerprint density at radius 1 is 0.732 bits per heavy atom. The van der Waals surface area contributed by atoms with Crippen molar-refractivity contribution in [3.05, 3.63) is 95.5 Å². The number of piperazine rings is 1. The largest absolute Gasteiger partial charge is 0.496 e. The Hall–Kier alpha value is -4.15. The number of nitrogens with zero attached hydrogens (tertiary/aromatic N) is 3. The van der Waals surface area contributed by atoms with Crippen LogP contribution in [0.3, 0.4) is 0 Å². The standard InChI is InChI=1S/C57H89N6O6S2/c1-10-12-23-48(25-27-52-54(66-6)44-50(64-4)45-55(52)67-7)58-29-14-16-31-60(11-2)37-36-59(3)30-19-21-42-70-71-43-22-20-33-62-40-38-61(39-41-62)32-17-18-35-63-34-15-13-24-49(63)26-28-53-56(68-8)46-51(65-5)47-57(53)69-9/h10,12-13,15,23-28,34,44-47,58H,11,14,16-22,29-33,35-43H2,1-9H3/q+1/p+3/b12-10-,27-25+,28-26+,48-23-. The van der Waals surface area contributed by atoms with Gasteiger partial charge in [-0.3, -0.25) is 9.80 Å². The van der Waals surface area contributed by atoms with E-state index in [0.717, 1.165) is 72.4 Å². The normalized spacial score (nSPS) is 14.3. The van der Waals surface area contributed by atoms with Crippen molar-refractivity contribution in [1.82, 2.24) is 9.80 Å². The van der Waals surface area contributed by atoms with Gasteiger partial charge in [0.05, 0.1) is 100 Å². The van der Waals surface area contributed by atoms with Crippen LogP contribution in [-0.4, -0.2) is 150 Å². The number of unbranched alkanes of at least 4 members (excludes halogenated alkanes) is 4. The molecule has 0 saturated carbocycles. The van der Waals surface area contributed by atoms with Gasteiger partial charge >= 0.3 is 0 Å². The summed E-state index contributed by atoms with van der Waals surface area (Å²) < 4.78 is 35.8. The molecule has 0 radical (unpaired) electrons. The molecule has 12 nitrogen and oxygen atoms in total. The Morgan fingerprint density at radius 2 is 1.37 bits per heavy atom. The summed E-state index contributed by atoms with van der Waals surface area (Å²) in [5, 5.41) is 2.33. The van der Waals surface area contributed by atoms with Gasteiger partial charge in [-0.05, 0) is 102 Å². The lowest BCUT2D eigenvalue weighted by Gasteiger charge is -2.32. The van der Waals surface area contributed by atoms with Crippen molar-refractivity contribution in [1.29, 1.82) is 0 Å². The number of allylic oxidation sites excluding steroid dienone is 4. The number of ether oxygens (including phenoxy) is 6. The maximum atomic E-state index is 5.65. The van der Waals surface area contributed by atoms with Gasteiger partial charge in [0.1, 0.15) is 46.7 Å². The van der Waals surface area contributed by atoms with Crippen molar-refractivity contribution in [2.75, 3.05) is 140 Å². The first kappa shape index (κ1) is 59.4. The quantitative estimate of drug-likeness (QED) is 0.0259. The predicted molar refractivity (Wildman–Crippen MR) is 299 cm³/mol. The third-order valence-corrected chi connectivity index (χ3v) is 15.9. The molecule has 0 amide bonds. The summed E-state index contributed by atoms with van der Waals surface area (Å²) in [5.74, 6) is 6.86. The van der Waals surface area contributed by atoms with Crippen molar-refractivity contribution in [3.8, 4) is 34.5 Å². The maximum absolute atomic E-state index is 5.65. The van der Waals surface area contributed by atoms with Crippen LogP contribution in [0.4, 0.5) is 0 Å². The molecule has 2 heterocycles. The van der Waals surface area contributed by atoms with E-state index in [1.54, 1.807) is 52.5 Å². The number of aryl methyl sites for hydroxylation is 1. The fourth-order valence-corrected chi connectivity index (χ4v) is 11.1. The molecular weight excluding hydrogens is 929 g/mol. The molecule has 1 unspecified atom stereocenters. The van der Waals surface area contributed by atoms with Crippen LogP contribution >= 0.6 is 21.6 Å². The third-order valence-electron chi connectivity index (χ3n) is 13.3. The van der Waals surface area contributed by atoms with Gasteiger partial charge in [0.15, 0.2) is 6.20 Å². The zero-order valence-corrected chi connectivity index (χ0v) is 46.7. The molecule has 394 valence electrons. The Bertz CT molecular complexity index is 2010. The number of quaternary nitrogens is 3. The summed E-state index contributed by atoms with van der Waals surface area (Å²) in [6, 6.07) is 13.9. The van der Waals surface area contributed by atoms with E-state index in [0.29, 0.717) is 11.5 Å². The molecule has 1 aliphatic heterocycles. The highest BCUT2D eigenvalue weighted by molar-refractivity contribution is 8.76. The van der Waals surface area contributed by atoms with Gasteiger partial charge in [-0.1, -0.05) is 40.7 Å². The van der Waals surface area contributed by atoms with E-state index in [4.69, 9.17) is 28.4 Å². The van der Waals surface area contributed by atoms with Crippen molar-refractivity contribution < 1.29 is 48.1 Å². The number of likely N-dealkylation sites (N-methyl/N-ethyl adjacent to an activating group) is 2. The smallest absolute Gasteiger partial charge is 0.205 e. The summed E-state index contributed by atoms with van der Waals surface area (Å²) in [4.78, 5) is 8.76. The molecule has 2 aromatic carbocycles. The first-order valence-electron chi connectivity index (χ1n) is 26.2. The summed E-state index contributed by atoms with van der Waals surface area (Å²) in [6.45, 7) is 19.8. The van der Waals surface area contributed by atoms with Gasteiger partial charge < -0.3 is 43.5 Å². The van der Waals surface area contributed by atoms with Crippen LogP contribution < -0.4 is 48.1 Å². The van der Waals surface area contributed by atoms with Crippen LogP contribution in [0.1, 0.15) is 82.0 Å². The number of benzene rings is 2. The zero-order chi connectivity index (χ0) is 50.9. The summed E-state index contributed by atoms with van der Waals surface area (Å²) in [6.07, 6.45) is 27.0. The highest BCUT2D eigenvalue weighted by Gasteiger charge is 2.20. The van der Waals surface area contributed by atoms with E-state index < -0.39 is 0 Å². The van der Waals surface area contributed by atoms with Crippen LogP contribution in [0.25, 0.3) is 18.2 Å². The van der Waals surface area contributed by atoms with Gasteiger partial charge in [0.2, 0.25) is 5.69 Å². The Labute approximate surface area is 437 Å². The number of nitrogens with one attached hydrogen (secondary N) is 2. The summed E-state index contributed by atoms with van der Waals surface area (Å²) >= 11 is 0. The minimum Gasteiger partial charge on any atom is -0.496 e. The molecule has 4 N–H and O–H groups in total. The molecule has 0 bridgehead atoms. The molecule has 0 aliphatic carbocycles. The van der Waals surface area contributed by atoms with E-state index in [2.05, 4.69) is 122 Å². The number of aromatic nitrogens is 1. The Kier molecular flexibility index (Phi) is 30.0. The molecule has 1 aromatic heterocycles. The van der Waals surface area contributed by atoms with E-state index in [1.807, 2.05) is 31.2 Å². The molecule has 1 fully saturated rings. The Balaban J connectivity index is 0.980. The van der Waals surface area contributed by atoms with Gasteiger partial charge in [-0.2, -0.15) is 4.57 Å². The van der Waals surface area contributed by atoms with Crippen LogP contribution in [0.15, 0.2) is 78.7 Å². The number of nitrogens with two attached hydrogens (primary N) is 1. The number of rotatable bonds is 37. The second-order valence-corrected chi connectivity index (χ2v) is 21.0. The monoisotopic (exact) mass is 1020 g/mol. The fourth-order valence-electron chi connectivity index (χ4n) is 8.84. The average Bonchev–Trinajstić information content (AvgIpc) is 3.40. The summed E-state index contributed by atoms with van der Waals surface area (Å²) in [7, 11) is 16.6. The lowest BCUT2D eigenvalue weighted by molar-refractivity contribution is -0.904. The number of pyridine rings is 1. The molecule has 0 spiro atoms. The maximum Gasteiger partial charge on any atom is 0.205 e. The molecule has 1 saturated heterocycles. The lowest BCUT2D eigenvalue weighted by Crippen LogP contribution is -3.14. The van der Waals surface area contributed by atoms with Crippen molar-refractivity contribution >= 4 is 39.8 Å². The minimum absolute atomic E-state index is 0.707. The van der Waals surface area contributed by atoms with Crippen molar-refractivity contribution in [3.63, 3.8) is 0 Å². The molecule has 1 aliphatic rings. The third kappa shape index (κ3) is 22.2. The molecule has 14 heteroatoms. The van der Waals surface area contributed by atoms with Gasteiger partial charge in [0.25, 0.3) is 0 Å². The highest BCUT2D eigenvalue weighted by atomic mass is 33.1. The van der Waals surface area contributed by atoms with E-state index in [1.165, 1.54) is 121 Å². The zero-order valence-electron chi connectivity index (χ0n) is 45.1. The molecule has 3 aromatic rings. The molecular formula is C57H92N6O6S2+4. The average molecular weight is 1020 g/mol. The van der Waals surface area contributed by atoms with Crippen molar-refractivity contribution in [2.24, 2.45) is 0 Å². The summed E-state index contributed by atoms with van der Waals surface area (Å²) in [5.41, 5.74) is 4.13. The SMILES string of the molecule is C\C=C/C=C(/C=C/c1c(OC)cc(OC)cc1OC)[NH2+]CCCCN(CC)CC[NH+](C)CCCCSSCCCC[NH+]1CCN(CCCC[n+]2ccccc2/C=C/c2c(OC)cc(OC)cc2OC)CC1. The van der Waals surface area contributed by atoms with E-state index in [-0.39, 0.29) is 0 Å². The second-order valence-electron chi connectivity index (χ2n) is 18.3. The second kappa shape index (κ2) is 35.9. The topological polar surface area (TPSA) is 91.2 Å². The molecule has 71 heavy (non-hydrogen) atoms. The first-order chi connectivity index (χ1) is 34.8. The van der Waals surface area contributed by atoms with Gasteiger partial charge in [-0.25, -0.2) is 0 Å². The van der Waals surface area contributed by atoms with E-state index in [9.17, 15) is 0 Å². The number of hydrogen-bond acceptors (Lipinski definition) is 10. The molecule has 1 atom stereocenters. The number of methoxy groups -OCH3 is 6. The first-order valence-corrected chi connectivity index (χ1v) is 28.7. The lowest BCUT2D eigenvalue weighted by atomic mass is 10.1. The van der Waals surface area contributed by atoms with Gasteiger partial charge in [-0.15, -0.1) is 0 Å². The molecule has 4 rings (SSSR count). The van der Waals surface area contributed by atoms with Crippen LogP contribution in [-0.2, 0) is 6.54 Å². The van der Waals surface area contributed by atoms with E-state index >= 15 is 0 Å². The van der Waals surface area contributed by atoms with Crippen LogP contribution in [0, 0.1) is 0 Å². The van der Waals surface area contributed by atoms with Crippen LogP contribution in [0.5, 0.6) is 34.5 Å². The fraction of sp³-hybridized carbons (Fsp3) is 0.561.